The second-order valence-electron chi connectivity index (χ2n) is 6.06. The van der Waals surface area contributed by atoms with Crippen LogP contribution in [0.3, 0.4) is 0 Å². The van der Waals surface area contributed by atoms with Crippen molar-refractivity contribution in [3.8, 4) is 11.4 Å². The summed E-state index contributed by atoms with van der Waals surface area (Å²) in [7, 11) is 0. The molecule has 0 amide bonds. The van der Waals surface area contributed by atoms with Gasteiger partial charge in [0.25, 0.3) is 0 Å². The Hall–Kier alpha value is -3.39. The predicted octanol–water partition coefficient (Wildman–Crippen LogP) is 3.19. The molecule has 9 heteroatoms. The average Bonchev–Trinajstić information content (AvgIpc) is 3.34. The molecule has 8 nitrogen and oxygen atoms in total. The van der Waals surface area contributed by atoms with E-state index in [2.05, 4.69) is 31.8 Å². The lowest BCUT2D eigenvalue weighted by atomic mass is 10.0. The molecule has 132 valence electrons. The average molecular weight is 377 g/mol. The van der Waals surface area contributed by atoms with Crippen molar-refractivity contribution in [2.75, 3.05) is 0 Å². The first kappa shape index (κ1) is 15.8. The Morgan fingerprint density at radius 3 is 2.81 bits per heavy atom. The molecule has 0 aromatic carbocycles. The maximum Gasteiger partial charge on any atom is 0.165 e. The van der Waals surface area contributed by atoms with Crippen molar-refractivity contribution < 1.29 is 0 Å². The van der Waals surface area contributed by atoms with Gasteiger partial charge >= 0.3 is 0 Å². The van der Waals surface area contributed by atoms with Crippen LogP contribution in [0, 0.1) is 0 Å². The number of hydrogen-bond acceptors (Lipinski definition) is 6. The second kappa shape index (κ2) is 6.10. The fourth-order valence-electron chi connectivity index (χ4n) is 3.15. The van der Waals surface area contributed by atoms with Crippen LogP contribution in [0.5, 0.6) is 0 Å². The zero-order chi connectivity index (χ0) is 18.4. The van der Waals surface area contributed by atoms with Crippen molar-refractivity contribution in [2.45, 2.75) is 13.0 Å². The number of aromatic nitrogens is 8. The quantitative estimate of drug-likeness (QED) is 0.449. The molecule has 5 aromatic rings. The second-order valence-corrected chi connectivity index (χ2v) is 6.42. The van der Waals surface area contributed by atoms with E-state index in [1.54, 1.807) is 23.2 Å². The van der Waals surface area contributed by atoms with Gasteiger partial charge in [0.1, 0.15) is 17.5 Å². The zero-order valence-electron chi connectivity index (χ0n) is 14.2. The van der Waals surface area contributed by atoms with Gasteiger partial charge in [-0.1, -0.05) is 17.7 Å². The van der Waals surface area contributed by atoms with E-state index in [1.165, 1.54) is 6.33 Å². The van der Waals surface area contributed by atoms with Crippen LogP contribution < -0.4 is 0 Å². The maximum atomic E-state index is 6.15. The molecule has 0 fully saturated rings. The molecule has 0 N–H and O–H groups in total. The number of halogens is 1. The molecule has 0 aliphatic rings. The number of hydrogen-bond donors (Lipinski definition) is 0. The zero-order valence-corrected chi connectivity index (χ0v) is 15.0. The highest BCUT2D eigenvalue weighted by Crippen LogP contribution is 2.30. The standard InChI is InChI=1S/C18H13ClN8/c1-11(26-10-24-16-17(19)22-9-23-18(16)26)12-8-14-21-6-7-27(14)25-15(12)13-4-2-3-5-20-13/h2-11H,1H3/t11-/m0/s1. The Morgan fingerprint density at radius 1 is 1.04 bits per heavy atom. The summed E-state index contributed by atoms with van der Waals surface area (Å²) >= 11 is 6.15. The van der Waals surface area contributed by atoms with Gasteiger partial charge in [0.05, 0.1) is 18.1 Å². The fourth-order valence-corrected chi connectivity index (χ4v) is 3.32. The molecular formula is C18H13ClN8. The number of imidazole rings is 2. The summed E-state index contributed by atoms with van der Waals surface area (Å²) in [6, 6.07) is 7.65. The number of pyridine rings is 1. The first-order valence-electron chi connectivity index (χ1n) is 8.31. The minimum Gasteiger partial charge on any atom is -0.308 e. The highest BCUT2D eigenvalue weighted by molar-refractivity contribution is 6.33. The van der Waals surface area contributed by atoms with Crippen molar-refractivity contribution in [3.05, 3.63) is 66.2 Å². The molecule has 1 atom stereocenters. The van der Waals surface area contributed by atoms with Gasteiger partial charge in [0.2, 0.25) is 0 Å². The van der Waals surface area contributed by atoms with Gasteiger partial charge in [-0.2, -0.15) is 5.10 Å². The molecule has 0 bridgehead atoms. The van der Waals surface area contributed by atoms with Crippen LogP contribution in [0.15, 0.2) is 55.5 Å². The molecule has 5 rings (SSSR count). The summed E-state index contributed by atoms with van der Waals surface area (Å²) in [6.07, 6.45) is 8.44. The third-order valence-electron chi connectivity index (χ3n) is 4.50. The van der Waals surface area contributed by atoms with Gasteiger partial charge in [-0.25, -0.2) is 24.5 Å². The summed E-state index contributed by atoms with van der Waals surface area (Å²) in [5, 5.41) is 5.06. The van der Waals surface area contributed by atoms with E-state index in [0.717, 1.165) is 22.6 Å². The molecule has 0 spiro atoms. The van der Waals surface area contributed by atoms with Gasteiger partial charge in [-0.3, -0.25) is 4.98 Å². The van der Waals surface area contributed by atoms with E-state index in [9.17, 15) is 0 Å². The Kier molecular flexibility index (Phi) is 3.58. The van der Waals surface area contributed by atoms with E-state index in [-0.39, 0.29) is 6.04 Å². The first-order chi connectivity index (χ1) is 13.2. The van der Waals surface area contributed by atoms with Crippen molar-refractivity contribution >= 4 is 28.4 Å². The molecule has 0 radical (unpaired) electrons. The van der Waals surface area contributed by atoms with Crippen LogP contribution in [0.4, 0.5) is 0 Å². The maximum absolute atomic E-state index is 6.15. The van der Waals surface area contributed by atoms with Crippen LogP contribution in [-0.2, 0) is 0 Å². The minimum atomic E-state index is -0.118. The van der Waals surface area contributed by atoms with Crippen molar-refractivity contribution in [1.29, 1.82) is 0 Å². The van der Waals surface area contributed by atoms with Crippen LogP contribution in [0.1, 0.15) is 18.5 Å². The van der Waals surface area contributed by atoms with Crippen LogP contribution in [0.2, 0.25) is 5.15 Å². The van der Waals surface area contributed by atoms with Crippen LogP contribution in [0.25, 0.3) is 28.2 Å². The smallest absolute Gasteiger partial charge is 0.165 e. The predicted molar refractivity (Wildman–Crippen MR) is 100 cm³/mol. The number of fused-ring (bicyclic) bond motifs is 2. The lowest BCUT2D eigenvalue weighted by Gasteiger charge is -2.17. The lowest BCUT2D eigenvalue weighted by molar-refractivity contribution is 0.647. The first-order valence-corrected chi connectivity index (χ1v) is 8.69. The van der Waals surface area contributed by atoms with Crippen molar-refractivity contribution in [3.63, 3.8) is 0 Å². The molecule has 0 aliphatic carbocycles. The molecule has 0 aliphatic heterocycles. The van der Waals surface area contributed by atoms with Crippen LogP contribution >= 0.6 is 11.6 Å². The molecular weight excluding hydrogens is 364 g/mol. The third-order valence-corrected chi connectivity index (χ3v) is 4.78. The minimum absolute atomic E-state index is 0.118. The molecule has 0 saturated carbocycles. The normalized spacial score (nSPS) is 12.7. The van der Waals surface area contributed by atoms with Crippen LogP contribution in [-0.4, -0.2) is 39.1 Å². The number of nitrogens with zero attached hydrogens (tertiary/aromatic N) is 8. The topological polar surface area (TPSA) is 86.7 Å². The third kappa shape index (κ3) is 2.53. The van der Waals surface area contributed by atoms with E-state index >= 15 is 0 Å². The van der Waals surface area contributed by atoms with Gasteiger partial charge in [-0.15, -0.1) is 0 Å². The van der Waals surface area contributed by atoms with Gasteiger partial charge in [-0.05, 0) is 25.1 Å². The van der Waals surface area contributed by atoms with E-state index in [1.807, 2.05) is 35.0 Å². The highest BCUT2D eigenvalue weighted by atomic mass is 35.5. The molecule has 5 heterocycles. The fraction of sp³-hybridized carbons (Fsp3) is 0.111. The molecule has 0 unspecified atom stereocenters. The molecule has 0 saturated heterocycles. The van der Waals surface area contributed by atoms with Crippen molar-refractivity contribution in [2.24, 2.45) is 0 Å². The van der Waals surface area contributed by atoms with E-state index < -0.39 is 0 Å². The monoisotopic (exact) mass is 376 g/mol. The summed E-state index contributed by atoms with van der Waals surface area (Å²) in [6.45, 7) is 2.06. The summed E-state index contributed by atoms with van der Waals surface area (Å²) in [5.41, 5.74) is 4.51. The van der Waals surface area contributed by atoms with Gasteiger partial charge < -0.3 is 4.57 Å². The SMILES string of the molecule is C[C@@H](c1cc2nccn2nc1-c1ccccn1)n1cnc2c(Cl)ncnc21. The highest BCUT2D eigenvalue weighted by Gasteiger charge is 2.21. The Morgan fingerprint density at radius 2 is 1.96 bits per heavy atom. The van der Waals surface area contributed by atoms with E-state index in [4.69, 9.17) is 16.7 Å². The number of rotatable bonds is 3. The Balaban J connectivity index is 1.74. The summed E-state index contributed by atoms with van der Waals surface area (Å²) in [4.78, 5) is 21.6. The lowest BCUT2D eigenvalue weighted by Crippen LogP contribution is -2.11. The Labute approximate surface area is 158 Å². The van der Waals surface area contributed by atoms with E-state index in [0.29, 0.717) is 16.3 Å². The van der Waals surface area contributed by atoms with Gasteiger partial charge in [0.15, 0.2) is 16.4 Å². The molecule has 27 heavy (non-hydrogen) atoms. The summed E-state index contributed by atoms with van der Waals surface area (Å²) < 4.78 is 3.69. The van der Waals surface area contributed by atoms with Crippen molar-refractivity contribution in [1.82, 2.24) is 39.1 Å². The Bertz CT molecular complexity index is 1260. The largest absolute Gasteiger partial charge is 0.308 e. The van der Waals surface area contributed by atoms with Gasteiger partial charge in [0, 0.05) is 24.2 Å². The molecule has 5 aromatic heterocycles. The summed E-state index contributed by atoms with van der Waals surface area (Å²) in [5.74, 6) is 0.